The number of hydrogen-bond acceptors (Lipinski definition) is 4. The normalized spacial score (nSPS) is 10.5. The highest BCUT2D eigenvalue weighted by molar-refractivity contribution is 5.38. The van der Waals surface area contributed by atoms with Gasteiger partial charge in [-0.25, -0.2) is 4.98 Å². The summed E-state index contributed by atoms with van der Waals surface area (Å²) in [5.41, 5.74) is 8.96. The van der Waals surface area contributed by atoms with Crippen LogP contribution in [0.3, 0.4) is 0 Å². The van der Waals surface area contributed by atoms with Gasteiger partial charge in [-0.15, -0.1) is 0 Å². The summed E-state index contributed by atoms with van der Waals surface area (Å²) in [6.07, 6.45) is 3.54. The predicted molar refractivity (Wildman–Crippen MR) is 77.8 cm³/mol. The highest BCUT2D eigenvalue weighted by atomic mass is 15.2. The van der Waals surface area contributed by atoms with Crippen LogP contribution >= 0.6 is 0 Å². The van der Waals surface area contributed by atoms with E-state index in [9.17, 15) is 0 Å². The molecule has 0 aliphatic heterocycles. The molecule has 0 saturated heterocycles. The topological polar surface area (TPSA) is 55.0 Å². The van der Waals surface area contributed by atoms with E-state index in [4.69, 9.17) is 5.73 Å². The zero-order chi connectivity index (χ0) is 13.7. The Morgan fingerprint density at radius 3 is 2.53 bits per heavy atom. The molecule has 2 aromatic rings. The van der Waals surface area contributed by atoms with Gasteiger partial charge in [0.15, 0.2) is 0 Å². The zero-order valence-corrected chi connectivity index (χ0v) is 11.5. The van der Waals surface area contributed by atoms with Crippen LogP contribution in [0.1, 0.15) is 23.7 Å². The summed E-state index contributed by atoms with van der Waals surface area (Å²) < 4.78 is 0. The lowest BCUT2D eigenvalue weighted by molar-refractivity contribution is 0.799. The molecular formula is C15H20N4. The van der Waals surface area contributed by atoms with E-state index in [1.807, 2.05) is 0 Å². The van der Waals surface area contributed by atoms with E-state index in [0.29, 0.717) is 6.54 Å². The average Bonchev–Trinajstić information content (AvgIpc) is 2.47. The van der Waals surface area contributed by atoms with Crippen molar-refractivity contribution < 1.29 is 0 Å². The van der Waals surface area contributed by atoms with Crippen LogP contribution in [0, 0.1) is 6.92 Å². The highest BCUT2D eigenvalue weighted by Gasteiger charge is 2.08. The third kappa shape index (κ3) is 3.29. The molecule has 4 nitrogen and oxygen atoms in total. The number of nitrogens with zero attached hydrogens (tertiary/aromatic N) is 3. The van der Waals surface area contributed by atoms with Gasteiger partial charge in [-0.05, 0) is 25.0 Å². The van der Waals surface area contributed by atoms with Crippen molar-refractivity contribution in [3.05, 3.63) is 53.5 Å². The van der Waals surface area contributed by atoms with Crippen LogP contribution in [0.5, 0.6) is 0 Å². The maximum atomic E-state index is 5.54. The van der Waals surface area contributed by atoms with Crippen LogP contribution in [-0.2, 0) is 13.1 Å². The van der Waals surface area contributed by atoms with Gasteiger partial charge in [0.05, 0.1) is 18.1 Å². The zero-order valence-electron chi connectivity index (χ0n) is 11.5. The number of hydrogen-bond donors (Lipinski definition) is 1. The molecule has 0 atom stereocenters. The summed E-state index contributed by atoms with van der Waals surface area (Å²) >= 11 is 0. The van der Waals surface area contributed by atoms with E-state index in [1.54, 1.807) is 12.4 Å². The first-order valence-electron chi connectivity index (χ1n) is 6.55. The summed E-state index contributed by atoms with van der Waals surface area (Å²) in [6.45, 7) is 6.42. The molecule has 4 heteroatoms. The first kappa shape index (κ1) is 13.5. The van der Waals surface area contributed by atoms with Crippen LogP contribution in [0.2, 0.25) is 0 Å². The standard InChI is InChI=1S/C15H20N4/c1-3-19(11-13-7-5-4-6-12(13)2)15-10-17-14(8-16)9-18-15/h4-7,9-10H,3,8,11,16H2,1-2H3. The fourth-order valence-corrected chi connectivity index (χ4v) is 1.96. The molecule has 0 bridgehead atoms. The minimum Gasteiger partial charge on any atom is -0.351 e. The maximum absolute atomic E-state index is 5.54. The van der Waals surface area contributed by atoms with Crippen molar-refractivity contribution in [1.29, 1.82) is 0 Å². The fraction of sp³-hybridized carbons (Fsp3) is 0.333. The number of nitrogens with two attached hydrogens (primary N) is 1. The second-order valence-electron chi connectivity index (χ2n) is 4.51. The van der Waals surface area contributed by atoms with Crippen molar-refractivity contribution in [2.24, 2.45) is 5.73 Å². The third-order valence-electron chi connectivity index (χ3n) is 3.23. The molecular weight excluding hydrogens is 236 g/mol. The van der Waals surface area contributed by atoms with Gasteiger partial charge in [0.25, 0.3) is 0 Å². The molecule has 19 heavy (non-hydrogen) atoms. The van der Waals surface area contributed by atoms with Gasteiger partial charge in [0, 0.05) is 19.6 Å². The van der Waals surface area contributed by atoms with Gasteiger partial charge in [-0.2, -0.15) is 0 Å². The second-order valence-corrected chi connectivity index (χ2v) is 4.51. The van der Waals surface area contributed by atoms with Gasteiger partial charge in [-0.3, -0.25) is 4.98 Å². The lowest BCUT2D eigenvalue weighted by Crippen LogP contribution is -2.23. The van der Waals surface area contributed by atoms with Gasteiger partial charge < -0.3 is 10.6 Å². The number of anilines is 1. The minimum atomic E-state index is 0.428. The fourth-order valence-electron chi connectivity index (χ4n) is 1.96. The Morgan fingerprint density at radius 1 is 1.16 bits per heavy atom. The van der Waals surface area contributed by atoms with Crippen molar-refractivity contribution in [3.63, 3.8) is 0 Å². The molecule has 0 aliphatic rings. The summed E-state index contributed by atoms with van der Waals surface area (Å²) in [6, 6.07) is 8.41. The van der Waals surface area contributed by atoms with Gasteiger partial charge in [-0.1, -0.05) is 24.3 Å². The van der Waals surface area contributed by atoms with Gasteiger partial charge >= 0.3 is 0 Å². The number of aromatic nitrogens is 2. The Hall–Kier alpha value is -1.94. The largest absolute Gasteiger partial charge is 0.351 e. The lowest BCUT2D eigenvalue weighted by Gasteiger charge is -2.22. The average molecular weight is 256 g/mol. The van der Waals surface area contributed by atoms with Crippen LogP contribution in [0.25, 0.3) is 0 Å². The lowest BCUT2D eigenvalue weighted by atomic mass is 10.1. The third-order valence-corrected chi connectivity index (χ3v) is 3.23. The smallest absolute Gasteiger partial charge is 0.147 e. The molecule has 0 aliphatic carbocycles. The molecule has 1 aromatic heterocycles. The van der Waals surface area contributed by atoms with Gasteiger partial charge in [0.1, 0.15) is 5.82 Å². The summed E-state index contributed by atoms with van der Waals surface area (Å²) in [4.78, 5) is 10.9. The molecule has 0 radical (unpaired) electrons. The SMILES string of the molecule is CCN(Cc1ccccc1C)c1cnc(CN)cn1. The molecule has 0 fully saturated rings. The van der Waals surface area contributed by atoms with Crippen LogP contribution < -0.4 is 10.6 Å². The first-order valence-corrected chi connectivity index (χ1v) is 6.55. The maximum Gasteiger partial charge on any atom is 0.147 e. The Balaban J connectivity index is 2.17. The van der Waals surface area contributed by atoms with E-state index in [-0.39, 0.29) is 0 Å². The van der Waals surface area contributed by atoms with Crippen molar-refractivity contribution in [2.45, 2.75) is 26.9 Å². The van der Waals surface area contributed by atoms with Crippen molar-refractivity contribution in [3.8, 4) is 0 Å². The molecule has 0 spiro atoms. The molecule has 1 heterocycles. The van der Waals surface area contributed by atoms with Crippen molar-refractivity contribution in [1.82, 2.24) is 9.97 Å². The molecule has 2 N–H and O–H groups in total. The highest BCUT2D eigenvalue weighted by Crippen LogP contribution is 2.15. The molecule has 0 saturated carbocycles. The summed E-state index contributed by atoms with van der Waals surface area (Å²) in [7, 11) is 0. The van der Waals surface area contributed by atoms with E-state index in [1.165, 1.54) is 11.1 Å². The Morgan fingerprint density at radius 2 is 1.95 bits per heavy atom. The molecule has 1 aromatic carbocycles. The molecule has 100 valence electrons. The quantitative estimate of drug-likeness (QED) is 0.891. The van der Waals surface area contributed by atoms with E-state index < -0.39 is 0 Å². The first-order chi connectivity index (χ1) is 9.24. The monoisotopic (exact) mass is 256 g/mol. The summed E-state index contributed by atoms with van der Waals surface area (Å²) in [5, 5.41) is 0. The second kappa shape index (κ2) is 6.29. The Bertz CT molecular complexity index is 522. The predicted octanol–water partition coefficient (Wildman–Crippen LogP) is 2.27. The summed E-state index contributed by atoms with van der Waals surface area (Å²) in [5.74, 6) is 0.892. The molecule has 0 amide bonds. The number of aryl methyl sites for hydroxylation is 1. The van der Waals surface area contributed by atoms with E-state index >= 15 is 0 Å². The minimum absolute atomic E-state index is 0.428. The Labute approximate surface area is 114 Å². The Kier molecular flexibility index (Phi) is 4.47. The van der Waals surface area contributed by atoms with Crippen LogP contribution in [-0.4, -0.2) is 16.5 Å². The molecule has 2 rings (SSSR count). The van der Waals surface area contributed by atoms with E-state index in [2.05, 4.69) is 53.0 Å². The van der Waals surface area contributed by atoms with Gasteiger partial charge in [0.2, 0.25) is 0 Å². The van der Waals surface area contributed by atoms with Crippen LogP contribution in [0.4, 0.5) is 5.82 Å². The van der Waals surface area contributed by atoms with Crippen molar-refractivity contribution >= 4 is 5.82 Å². The number of benzene rings is 1. The molecule has 0 unspecified atom stereocenters. The van der Waals surface area contributed by atoms with E-state index in [0.717, 1.165) is 24.6 Å². The van der Waals surface area contributed by atoms with Crippen molar-refractivity contribution in [2.75, 3.05) is 11.4 Å². The van der Waals surface area contributed by atoms with Crippen LogP contribution in [0.15, 0.2) is 36.7 Å². The number of rotatable bonds is 5.